The lowest BCUT2D eigenvalue weighted by molar-refractivity contribution is 0.980. The molecule has 2 aromatic heterocycles. The van der Waals surface area contributed by atoms with Gasteiger partial charge in [0, 0.05) is 6.20 Å². The topological polar surface area (TPSA) is 63.6 Å². The van der Waals surface area contributed by atoms with Gasteiger partial charge >= 0.3 is 0 Å². The van der Waals surface area contributed by atoms with Crippen LogP contribution in [0.2, 0.25) is 5.15 Å². The number of nitrogens with one attached hydrogen (secondary N) is 1. The fraction of sp³-hybridized carbons (Fsp3) is 0.250. The van der Waals surface area contributed by atoms with Crippen LogP contribution >= 0.6 is 23.3 Å². The molecule has 0 aliphatic heterocycles. The van der Waals surface area contributed by atoms with E-state index in [2.05, 4.69) is 24.0 Å². The molecule has 2 aromatic rings. The molecule has 2 rings (SSSR count). The summed E-state index contributed by atoms with van der Waals surface area (Å²) in [5, 5.41) is 3.42. The van der Waals surface area contributed by atoms with E-state index in [0.29, 0.717) is 17.5 Å². The van der Waals surface area contributed by atoms with Crippen molar-refractivity contribution < 1.29 is 0 Å². The van der Waals surface area contributed by atoms with E-state index in [4.69, 9.17) is 11.6 Å². The first-order valence-corrected chi connectivity index (χ1v) is 5.36. The zero-order valence-electron chi connectivity index (χ0n) is 7.94. The van der Waals surface area contributed by atoms with E-state index in [0.717, 1.165) is 23.1 Å². The van der Waals surface area contributed by atoms with Crippen molar-refractivity contribution in [3.8, 4) is 0 Å². The number of nitrogens with zero attached hydrogens (tertiary/aromatic N) is 4. The average molecular weight is 242 g/mol. The molecule has 0 fully saturated rings. The lowest BCUT2D eigenvalue weighted by Gasteiger charge is -2.01. The summed E-state index contributed by atoms with van der Waals surface area (Å²) in [7, 11) is 0. The zero-order chi connectivity index (χ0) is 10.7. The first-order chi connectivity index (χ1) is 7.25. The van der Waals surface area contributed by atoms with Gasteiger partial charge in [-0.2, -0.15) is 8.75 Å². The molecule has 0 aliphatic carbocycles. The summed E-state index contributed by atoms with van der Waals surface area (Å²) in [5.41, 5.74) is 1.73. The average Bonchev–Trinajstić information content (AvgIpc) is 2.63. The monoisotopic (exact) mass is 241 g/mol. The maximum Gasteiger partial charge on any atom is 0.186 e. The van der Waals surface area contributed by atoms with Crippen LogP contribution in [0.15, 0.2) is 12.4 Å². The van der Waals surface area contributed by atoms with Gasteiger partial charge in [-0.25, -0.2) is 0 Å². The molecular formula is C8H8ClN5S. The lowest BCUT2D eigenvalue weighted by Crippen LogP contribution is -2.03. The molecule has 0 saturated heterocycles. The second-order valence-electron chi connectivity index (χ2n) is 2.91. The van der Waals surface area contributed by atoms with E-state index >= 15 is 0 Å². The van der Waals surface area contributed by atoms with Crippen LogP contribution in [0.1, 0.15) is 11.4 Å². The van der Waals surface area contributed by atoms with Crippen LogP contribution in [0.3, 0.4) is 0 Å². The highest BCUT2D eigenvalue weighted by molar-refractivity contribution is 6.99. The smallest absolute Gasteiger partial charge is 0.186 e. The molecule has 0 bridgehead atoms. The van der Waals surface area contributed by atoms with Crippen LogP contribution in [0.4, 0.5) is 5.82 Å². The molecule has 0 unspecified atom stereocenters. The Morgan fingerprint density at radius 1 is 1.33 bits per heavy atom. The molecule has 78 valence electrons. The van der Waals surface area contributed by atoms with Gasteiger partial charge < -0.3 is 5.32 Å². The van der Waals surface area contributed by atoms with Gasteiger partial charge in [0.2, 0.25) is 0 Å². The van der Waals surface area contributed by atoms with Gasteiger partial charge in [0.05, 0.1) is 35.9 Å². The normalized spacial score (nSPS) is 10.3. The summed E-state index contributed by atoms with van der Waals surface area (Å²) in [6, 6.07) is 0. The summed E-state index contributed by atoms with van der Waals surface area (Å²) in [5.74, 6) is 0.587. The standard InChI is InChI=1S/C8H8ClN5S/c1-5-2-11-6(3-10-5)4-12-8-7(9)13-15-14-8/h2-3H,4H2,1H3,(H,12,14). The van der Waals surface area contributed by atoms with E-state index < -0.39 is 0 Å². The highest BCUT2D eigenvalue weighted by atomic mass is 35.5. The Balaban J connectivity index is 1.99. The molecule has 0 amide bonds. The summed E-state index contributed by atoms with van der Waals surface area (Å²) >= 11 is 6.84. The van der Waals surface area contributed by atoms with Crippen molar-refractivity contribution in [1.82, 2.24) is 18.7 Å². The molecule has 1 N–H and O–H groups in total. The van der Waals surface area contributed by atoms with E-state index in [1.54, 1.807) is 12.4 Å². The molecular weight excluding hydrogens is 234 g/mol. The van der Waals surface area contributed by atoms with E-state index in [1.165, 1.54) is 0 Å². The van der Waals surface area contributed by atoms with Gasteiger partial charge in [-0.3, -0.25) is 9.97 Å². The van der Waals surface area contributed by atoms with Crippen molar-refractivity contribution in [1.29, 1.82) is 0 Å². The van der Waals surface area contributed by atoms with Gasteiger partial charge in [-0.05, 0) is 6.92 Å². The predicted molar refractivity (Wildman–Crippen MR) is 59.0 cm³/mol. The van der Waals surface area contributed by atoms with Crippen molar-refractivity contribution in [2.45, 2.75) is 13.5 Å². The SMILES string of the molecule is Cc1cnc(CNc2nsnc2Cl)cn1. The summed E-state index contributed by atoms with van der Waals surface area (Å²) < 4.78 is 7.83. The second kappa shape index (κ2) is 4.50. The summed E-state index contributed by atoms with van der Waals surface area (Å²) in [6.07, 6.45) is 3.44. The number of aryl methyl sites for hydroxylation is 1. The van der Waals surface area contributed by atoms with E-state index in [-0.39, 0.29) is 0 Å². The maximum atomic E-state index is 5.77. The molecule has 0 aliphatic rings. The molecule has 15 heavy (non-hydrogen) atoms. The van der Waals surface area contributed by atoms with Crippen molar-refractivity contribution in [2.75, 3.05) is 5.32 Å². The summed E-state index contributed by atoms with van der Waals surface area (Å²) in [4.78, 5) is 8.33. The Kier molecular flexibility index (Phi) is 3.08. The van der Waals surface area contributed by atoms with E-state index in [1.807, 2.05) is 6.92 Å². The number of aromatic nitrogens is 4. The van der Waals surface area contributed by atoms with Crippen LogP contribution < -0.4 is 5.32 Å². The molecule has 0 atom stereocenters. The first kappa shape index (κ1) is 10.3. The molecule has 2 heterocycles. The minimum Gasteiger partial charge on any atom is -0.361 e. The van der Waals surface area contributed by atoms with Crippen LogP contribution in [-0.4, -0.2) is 18.7 Å². The first-order valence-electron chi connectivity index (χ1n) is 4.25. The number of anilines is 1. The largest absolute Gasteiger partial charge is 0.361 e. The van der Waals surface area contributed by atoms with Gasteiger partial charge in [0.25, 0.3) is 0 Å². The van der Waals surface area contributed by atoms with Gasteiger partial charge in [-0.1, -0.05) is 11.6 Å². The minimum absolute atomic E-state index is 0.389. The Morgan fingerprint density at radius 2 is 2.20 bits per heavy atom. The van der Waals surface area contributed by atoms with Crippen LogP contribution in [0.25, 0.3) is 0 Å². The Morgan fingerprint density at radius 3 is 2.80 bits per heavy atom. The van der Waals surface area contributed by atoms with Crippen molar-refractivity contribution in [3.63, 3.8) is 0 Å². The van der Waals surface area contributed by atoms with Crippen molar-refractivity contribution in [2.24, 2.45) is 0 Å². The fourth-order valence-electron chi connectivity index (χ4n) is 0.968. The van der Waals surface area contributed by atoms with Crippen LogP contribution in [0, 0.1) is 6.92 Å². The van der Waals surface area contributed by atoms with Gasteiger partial charge in [0.15, 0.2) is 11.0 Å². The fourth-order valence-corrected chi connectivity index (χ4v) is 1.65. The van der Waals surface area contributed by atoms with E-state index in [9.17, 15) is 0 Å². The lowest BCUT2D eigenvalue weighted by atomic mass is 10.4. The zero-order valence-corrected chi connectivity index (χ0v) is 9.51. The third-order valence-electron chi connectivity index (χ3n) is 1.72. The number of hydrogen-bond acceptors (Lipinski definition) is 6. The van der Waals surface area contributed by atoms with Gasteiger partial charge in [-0.15, -0.1) is 0 Å². The predicted octanol–water partition coefficient (Wildman–Crippen LogP) is 1.90. The molecule has 0 aromatic carbocycles. The highest BCUT2D eigenvalue weighted by Gasteiger charge is 2.04. The third kappa shape index (κ3) is 2.60. The summed E-state index contributed by atoms with van der Waals surface area (Å²) in [6.45, 7) is 2.43. The highest BCUT2D eigenvalue weighted by Crippen LogP contribution is 2.17. The minimum atomic E-state index is 0.389. The van der Waals surface area contributed by atoms with Crippen molar-refractivity contribution in [3.05, 3.63) is 28.9 Å². The molecule has 5 nitrogen and oxygen atoms in total. The second-order valence-corrected chi connectivity index (χ2v) is 3.79. The van der Waals surface area contributed by atoms with Crippen molar-refractivity contribution >= 4 is 29.1 Å². The Labute approximate surface area is 95.9 Å². The number of rotatable bonds is 3. The maximum absolute atomic E-state index is 5.77. The molecule has 7 heteroatoms. The Hall–Kier alpha value is -1.27. The van der Waals surface area contributed by atoms with Gasteiger partial charge in [0.1, 0.15) is 0 Å². The number of hydrogen-bond donors (Lipinski definition) is 1. The molecule has 0 radical (unpaired) electrons. The third-order valence-corrected chi connectivity index (χ3v) is 2.61. The molecule has 0 saturated carbocycles. The Bertz CT molecular complexity index is 441. The number of halogens is 1. The molecule has 0 spiro atoms. The quantitative estimate of drug-likeness (QED) is 0.889. The van der Waals surface area contributed by atoms with Crippen LogP contribution in [-0.2, 0) is 6.54 Å². The van der Waals surface area contributed by atoms with Crippen LogP contribution in [0.5, 0.6) is 0 Å².